The highest BCUT2D eigenvalue weighted by molar-refractivity contribution is 6.00. The summed E-state index contributed by atoms with van der Waals surface area (Å²) in [4.78, 5) is 78.1. The second kappa shape index (κ2) is 18.0. The Hall–Kier alpha value is -6.20. The van der Waals surface area contributed by atoms with E-state index in [4.69, 9.17) is 4.42 Å². The summed E-state index contributed by atoms with van der Waals surface area (Å²) in [6.45, 7) is 6.75. The summed E-state index contributed by atoms with van der Waals surface area (Å²) in [7, 11) is 0. The van der Waals surface area contributed by atoms with Gasteiger partial charge in [-0.1, -0.05) is 18.2 Å². The maximum Gasteiger partial charge on any atom is 0.420 e. The second-order valence-electron chi connectivity index (χ2n) is 17.0. The Kier molecular flexibility index (Phi) is 12.0. The van der Waals surface area contributed by atoms with Gasteiger partial charge in [-0.05, 0) is 81.2 Å². The second-order valence-corrected chi connectivity index (χ2v) is 17.0. The Labute approximate surface area is 357 Å². The number of pyridine rings is 1. The average molecular weight is 847 g/mol. The number of piperazine rings is 1. The van der Waals surface area contributed by atoms with E-state index in [0.717, 1.165) is 90.0 Å². The van der Waals surface area contributed by atoms with E-state index in [9.17, 15) is 28.4 Å². The predicted molar refractivity (Wildman–Crippen MR) is 231 cm³/mol. The minimum absolute atomic E-state index is 0.0544. The number of carbonyl (C=O) groups excluding carboxylic acids is 3. The molecule has 17 heteroatoms. The molecule has 4 aliphatic rings. The van der Waals surface area contributed by atoms with Crippen LogP contribution in [0, 0.1) is 11.7 Å². The summed E-state index contributed by atoms with van der Waals surface area (Å²) in [5, 5.41) is 8.95. The molecule has 0 bridgehead atoms. The van der Waals surface area contributed by atoms with Crippen LogP contribution in [0.5, 0.6) is 0 Å². The first-order valence-corrected chi connectivity index (χ1v) is 21.7. The molecule has 5 aromatic rings. The largest absolute Gasteiger partial charge is 0.420 e. The lowest BCUT2D eigenvalue weighted by atomic mass is 9.91. The molecule has 3 N–H and O–H groups in total. The molecule has 3 saturated heterocycles. The van der Waals surface area contributed by atoms with E-state index in [-0.39, 0.29) is 48.0 Å². The zero-order valence-electron chi connectivity index (χ0n) is 34.5. The van der Waals surface area contributed by atoms with Crippen LogP contribution in [-0.2, 0) is 14.4 Å². The van der Waals surface area contributed by atoms with Gasteiger partial charge in [0, 0.05) is 99.6 Å². The van der Waals surface area contributed by atoms with Gasteiger partial charge in [-0.25, -0.2) is 19.2 Å². The van der Waals surface area contributed by atoms with Crippen LogP contribution in [0.4, 0.5) is 16.0 Å². The lowest BCUT2D eigenvalue weighted by Crippen LogP contribution is -2.52. The average Bonchev–Trinajstić information content (AvgIpc) is 3.60. The molecule has 4 fully saturated rings. The number of rotatable bonds is 11. The van der Waals surface area contributed by atoms with Gasteiger partial charge in [-0.3, -0.25) is 38.5 Å². The SMILES string of the molecule is O=C1CCC(n2c(=O)oc3cc(N4CCC(CN5CCN(CC(=O)N[C@H]6CC[C@H](Nc7ncc(F)c(-c8cccc(-n9ccccc9=O)c8)n7)CC6)CC5)CC4)ccc32)C(=O)N1. The number of carbonyl (C=O) groups is 3. The molecule has 0 radical (unpaired) electrons. The monoisotopic (exact) mass is 846 g/mol. The van der Waals surface area contributed by atoms with Crippen molar-refractivity contribution in [2.45, 2.75) is 69.5 Å². The minimum Gasteiger partial charge on any atom is -0.408 e. The number of anilines is 2. The van der Waals surface area contributed by atoms with Gasteiger partial charge in [0.05, 0.1) is 18.3 Å². The molecule has 1 aliphatic carbocycles. The number of hydrogen-bond acceptors (Lipinski definition) is 12. The number of oxazole rings is 1. The smallest absolute Gasteiger partial charge is 0.408 e. The molecule has 3 amide bonds. The quantitative estimate of drug-likeness (QED) is 0.165. The molecule has 3 aliphatic heterocycles. The molecule has 3 aromatic heterocycles. The molecule has 0 spiro atoms. The summed E-state index contributed by atoms with van der Waals surface area (Å²) in [6, 6.07) is 17.1. The lowest BCUT2D eigenvalue weighted by molar-refractivity contribution is -0.135. The lowest BCUT2D eigenvalue weighted by Gasteiger charge is -2.39. The van der Waals surface area contributed by atoms with Crippen molar-refractivity contribution in [3.63, 3.8) is 0 Å². The van der Waals surface area contributed by atoms with E-state index in [2.05, 4.69) is 40.6 Å². The van der Waals surface area contributed by atoms with Crippen LogP contribution in [0.2, 0.25) is 0 Å². The molecular weight excluding hydrogens is 796 g/mol. The van der Waals surface area contributed by atoms with Gasteiger partial charge in [0.2, 0.25) is 23.7 Å². The summed E-state index contributed by atoms with van der Waals surface area (Å²) in [6.07, 6.45) is 8.66. The number of nitrogens with one attached hydrogen (secondary N) is 3. The Balaban J connectivity index is 0.686. The van der Waals surface area contributed by atoms with Crippen molar-refractivity contribution in [1.29, 1.82) is 0 Å². The third-order valence-corrected chi connectivity index (χ3v) is 12.8. The highest BCUT2D eigenvalue weighted by Gasteiger charge is 2.32. The molecule has 2 aromatic carbocycles. The maximum atomic E-state index is 15.0. The number of fused-ring (bicyclic) bond motifs is 1. The number of benzene rings is 2. The fourth-order valence-corrected chi connectivity index (χ4v) is 9.44. The first kappa shape index (κ1) is 41.2. The van der Waals surface area contributed by atoms with E-state index >= 15 is 0 Å². The fraction of sp³-hybridized carbons (Fsp3) is 0.444. The van der Waals surface area contributed by atoms with E-state index in [0.29, 0.717) is 40.8 Å². The molecule has 1 atom stereocenters. The standard InChI is InChI=1S/C45H51FN10O6/c46-35-26-47-44(51-42(35)30-4-3-5-34(24-30)55-17-2-1-6-41(55)59)49-32-9-7-31(8-10-32)48-40(58)28-53-22-20-52(21-23-53)27-29-15-18-54(19-16-29)33-11-12-36-38(25-33)62-45(61)56(36)37-13-14-39(57)50-43(37)60/h1-6,11-12,17,24-26,29,31-32,37H,7-10,13-16,18-23,27-28H2,(H,48,58)(H,47,49,51)(H,50,57,60)/t31-,32-,37?. The van der Waals surface area contributed by atoms with Crippen LogP contribution in [0.1, 0.15) is 57.4 Å². The molecule has 1 unspecified atom stereocenters. The third kappa shape index (κ3) is 9.18. The number of piperidine rings is 2. The van der Waals surface area contributed by atoms with E-state index in [1.165, 1.54) is 21.4 Å². The van der Waals surface area contributed by atoms with Crippen molar-refractivity contribution in [1.82, 2.24) is 39.5 Å². The van der Waals surface area contributed by atoms with Crippen LogP contribution in [0.3, 0.4) is 0 Å². The number of aromatic nitrogens is 4. The fourth-order valence-electron chi connectivity index (χ4n) is 9.44. The van der Waals surface area contributed by atoms with E-state index in [1.54, 1.807) is 42.6 Å². The van der Waals surface area contributed by atoms with E-state index in [1.807, 2.05) is 18.2 Å². The maximum absolute atomic E-state index is 15.0. The predicted octanol–water partition coefficient (Wildman–Crippen LogP) is 3.69. The number of nitrogens with zero attached hydrogens (tertiary/aromatic N) is 7. The number of halogens is 1. The summed E-state index contributed by atoms with van der Waals surface area (Å²) in [5.74, 6) is -0.989. The van der Waals surface area contributed by atoms with Gasteiger partial charge < -0.3 is 24.9 Å². The van der Waals surface area contributed by atoms with Crippen LogP contribution >= 0.6 is 0 Å². The van der Waals surface area contributed by atoms with Gasteiger partial charge in [-0.15, -0.1) is 0 Å². The van der Waals surface area contributed by atoms with Gasteiger partial charge >= 0.3 is 5.76 Å². The van der Waals surface area contributed by atoms with Crippen molar-refractivity contribution in [3.05, 3.63) is 99.8 Å². The van der Waals surface area contributed by atoms with Crippen molar-refractivity contribution in [2.24, 2.45) is 5.92 Å². The Morgan fingerprint density at radius 2 is 1.60 bits per heavy atom. The van der Waals surface area contributed by atoms with Gasteiger partial charge in [-0.2, -0.15) is 0 Å². The van der Waals surface area contributed by atoms with Crippen molar-refractivity contribution in [3.8, 4) is 16.9 Å². The van der Waals surface area contributed by atoms with Gasteiger partial charge in [0.1, 0.15) is 11.7 Å². The normalized spacial score (nSPS) is 21.8. The van der Waals surface area contributed by atoms with Crippen molar-refractivity contribution < 1.29 is 23.2 Å². The van der Waals surface area contributed by atoms with Crippen molar-refractivity contribution in [2.75, 3.05) is 62.6 Å². The van der Waals surface area contributed by atoms with Gasteiger partial charge in [0.25, 0.3) is 5.56 Å². The molecule has 62 heavy (non-hydrogen) atoms. The summed E-state index contributed by atoms with van der Waals surface area (Å²) < 4.78 is 23.4. The Morgan fingerprint density at radius 1 is 0.823 bits per heavy atom. The summed E-state index contributed by atoms with van der Waals surface area (Å²) in [5.41, 5.74) is 3.10. The number of amides is 3. The van der Waals surface area contributed by atoms with Crippen molar-refractivity contribution >= 4 is 40.5 Å². The molecule has 324 valence electrons. The zero-order chi connectivity index (χ0) is 42.7. The molecule has 6 heterocycles. The first-order valence-electron chi connectivity index (χ1n) is 21.7. The Bertz CT molecular complexity index is 2570. The highest BCUT2D eigenvalue weighted by Crippen LogP contribution is 2.30. The molecule has 9 rings (SSSR count). The highest BCUT2D eigenvalue weighted by atomic mass is 19.1. The van der Waals surface area contributed by atoms with E-state index < -0.39 is 23.5 Å². The Morgan fingerprint density at radius 3 is 2.37 bits per heavy atom. The van der Waals surface area contributed by atoms with Crippen LogP contribution in [0.25, 0.3) is 28.0 Å². The number of imide groups is 1. The van der Waals surface area contributed by atoms with Gasteiger partial charge in [0.15, 0.2) is 11.4 Å². The molecule has 1 saturated carbocycles. The topological polar surface area (TPSA) is 180 Å². The molecular formula is C45H51FN10O6. The summed E-state index contributed by atoms with van der Waals surface area (Å²) >= 11 is 0. The van der Waals surface area contributed by atoms with Crippen LogP contribution in [0.15, 0.2) is 87.1 Å². The first-order chi connectivity index (χ1) is 30.1. The zero-order valence-corrected chi connectivity index (χ0v) is 34.5. The number of hydrogen-bond donors (Lipinski definition) is 3. The third-order valence-electron chi connectivity index (χ3n) is 12.8. The van der Waals surface area contributed by atoms with Crippen LogP contribution in [-0.4, -0.2) is 111 Å². The van der Waals surface area contributed by atoms with Crippen LogP contribution < -0.4 is 32.2 Å². The molecule has 16 nitrogen and oxygen atoms in total. The minimum atomic E-state index is -0.764.